The van der Waals surface area contributed by atoms with Crippen molar-refractivity contribution in [3.63, 3.8) is 0 Å². The topological polar surface area (TPSA) is 32.3 Å². The number of benzene rings is 1. The summed E-state index contributed by atoms with van der Waals surface area (Å²) < 4.78 is 0. The Balaban J connectivity index is 2.36. The fourth-order valence-electron chi connectivity index (χ4n) is 2.69. The van der Waals surface area contributed by atoms with Gasteiger partial charge in [-0.1, -0.05) is 25.5 Å². The summed E-state index contributed by atoms with van der Waals surface area (Å²) in [4.78, 5) is 1.38. The Kier molecular flexibility index (Phi) is 4.36. The van der Waals surface area contributed by atoms with Crippen molar-refractivity contribution >= 4 is 11.8 Å². The number of rotatable bonds is 5. The molecule has 1 aromatic carbocycles. The van der Waals surface area contributed by atoms with Crippen molar-refractivity contribution in [2.45, 2.75) is 49.6 Å². The van der Waals surface area contributed by atoms with Crippen LogP contribution < -0.4 is 5.32 Å². The Morgan fingerprint density at radius 1 is 1.50 bits per heavy atom. The second-order valence-electron chi connectivity index (χ2n) is 5.11. The van der Waals surface area contributed by atoms with Gasteiger partial charge in [0, 0.05) is 16.7 Å². The first-order valence-corrected chi connectivity index (χ1v) is 7.76. The molecule has 2 N–H and O–H groups in total. The average Bonchev–Trinajstić information content (AvgIpc) is 2.85. The predicted molar refractivity (Wildman–Crippen MR) is 78.2 cm³/mol. The van der Waals surface area contributed by atoms with Gasteiger partial charge in [-0.25, -0.2) is 0 Å². The van der Waals surface area contributed by atoms with Crippen LogP contribution in [0.2, 0.25) is 0 Å². The lowest BCUT2D eigenvalue weighted by atomic mass is 9.82. The normalized spacial score (nSPS) is 19.3. The van der Waals surface area contributed by atoms with Gasteiger partial charge in [0.15, 0.2) is 0 Å². The lowest BCUT2D eigenvalue weighted by Crippen LogP contribution is -2.45. The number of nitrogens with one attached hydrogen (secondary N) is 1. The SMILES string of the molecule is CCCC(O)(c1ccc2c(c1)CCS2)C(C)NC. The molecule has 1 heterocycles. The standard InChI is InChI=1S/C15H23NOS/c1-4-8-15(17,11(2)16-3)13-5-6-14-12(10-13)7-9-18-14/h5-6,10-11,16-17H,4,7-9H2,1-3H3. The quantitative estimate of drug-likeness (QED) is 0.858. The van der Waals surface area contributed by atoms with Crippen LogP contribution in [0.5, 0.6) is 0 Å². The fourth-order valence-corrected chi connectivity index (χ4v) is 3.74. The van der Waals surface area contributed by atoms with Crippen LogP contribution in [0.25, 0.3) is 0 Å². The highest BCUT2D eigenvalue weighted by Gasteiger charge is 2.34. The average molecular weight is 265 g/mol. The number of hydrogen-bond acceptors (Lipinski definition) is 3. The molecule has 3 heteroatoms. The van der Waals surface area contributed by atoms with Gasteiger partial charge in [-0.05, 0) is 44.0 Å². The molecular weight excluding hydrogens is 242 g/mol. The highest BCUT2D eigenvalue weighted by molar-refractivity contribution is 7.99. The molecule has 0 aliphatic carbocycles. The Labute approximate surface area is 114 Å². The summed E-state index contributed by atoms with van der Waals surface area (Å²) in [5.74, 6) is 1.17. The molecule has 0 aromatic heterocycles. The van der Waals surface area contributed by atoms with Crippen molar-refractivity contribution in [3.05, 3.63) is 29.3 Å². The minimum absolute atomic E-state index is 0.0598. The Morgan fingerprint density at radius 2 is 2.28 bits per heavy atom. The molecule has 1 aromatic rings. The second kappa shape index (κ2) is 5.64. The molecule has 2 nitrogen and oxygen atoms in total. The van der Waals surface area contributed by atoms with Crippen LogP contribution in [0.3, 0.4) is 0 Å². The van der Waals surface area contributed by atoms with Crippen molar-refractivity contribution in [3.8, 4) is 0 Å². The van der Waals surface area contributed by atoms with Gasteiger partial charge in [0.2, 0.25) is 0 Å². The molecule has 0 saturated carbocycles. The van der Waals surface area contributed by atoms with Gasteiger partial charge >= 0.3 is 0 Å². The van der Waals surface area contributed by atoms with Crippen molar-refractivity contribution in [2.75, 3.05) is 12.8 Å². The molecule has 0 amide bonds. The van der Waals surface area contributed by atoms with E-state index < -0.39 is 5.60 Å². The lowest BCUT2D eigenvalue weighted by Gasteiger charge is -2.35. The van der Waals surface area contributed by atoms with Crippen LogP contribution in [0.1, 0.15) is 37.8 Å². The number of aliphatic hydroxyl groups is 1. The summed E-state index contributed by atoms with van der Waals surface area (Å²) in [5, 5.41) is 14.2. The molecule has 0 spiro atoms. The van der Waals surface area contributed by atoms with Crippen molar-refractivity contribution in [1.82, 2.24) is 5.32 Å². The Morgan fingerprint density at radius 3 is 2.94 bits per heavy atom. The van der Waals surface area contributed by atoms with Gasteiger partial charge in [0.25, 0.3) is 0 Å². The third-order valence-electron chi connectivity index (χ3n) is 3.97. The largest absolute Gasteiger partial charge is 0.384 e. The molecule has 0 saturated heterocycles. The van der Waals surface area contributed by atoms with Crippen LogP contribution in [-0.4, -0.2) is 23.9 Å². The molecular formula is C15H23NOS. The summed E-state index contributed by atoms with van der Waals surface area (Å²) in [5.41, 5.74) is 1.70. The first-order valence-electron chi connectivity index (χ1n) is 6.77. The third-order valence-corrected chi connectivity index (χ3v) is 5.09. The van der Waals surface area contributed by atoms with Gasteiger partial charge in [-0.3, -0.25) is 0 Å². The molecule has 100 valence electrons. The fraction of sp³-hybridized carbons (Fsp3) is 0.600. The molecule has 0 fully saturated rings. The van der Waals surface area contributed by atoms with Crippen LogP contribution in [0.4, 0.5) is 0 Å². The first kappa shape index (κ1) is 13.9. The number of likely N-dealkylation sites (N-methyl/N-ethyl adjacent to an activating group) is 1. The zero-order valence-corrected chi connectivity index (χ0v) is 12.3. The Hall–Kier alpha value is -0.510. The highest BCUT2D eigenvalue weighted by Crippen LogP contribution is 2.37. The summed E-state index contributed by atoms with van der Waals surface area (Å²) >= 11 is 1.92. The minimum atomic E-state index is -0.758. The summed E-state index contributed by atoms with van der Waals surface area (Å²) in [6.07, 6.45) is 2.90. The van der Waals surface area contributed by atoms with Gasteiger partial charge < -0.3 is 10.4 Å². The van der Waals surface area contributed by atoms with Gasteiger partial charge in [0.05, 0.1) is 0 Å². The monoisotopic (exact) mass is 265 g/mol. The molecule has 1 aliphatic heterocycles. The van der Waals surface area contributed by atoms with E-state index in [9.17, 15) is 5.11 Å². The minimum Gasteiger partial charge on any atom is -0.384 e. The van der Waals surface area contributed by atoms with E-state index in [1.165, 1.54) is 16.2 Å². The number of fused-ring (bicyclic) bond motifs is 1. The smallest absolute Gasteiger partial charge is 0.105 e. The molecule has 0 bridgehead atoms. The maximum absolute atomic E-state index is 11.0. The molecule has 2 unspecified atom stereocenters. The molecule has 18 heavy (non-hydrogen) atoms. The van der Waals surface area contributed by atoms with Crippen molar-refractivity contribution in [1.29, 1.82) is 0 Å². The van der Waals surface area contributed by atoms with E-state index >= 15 is 0 Å². The zero-order valence-electron chi connectivity index (χ0n) is 11.5. The van der Waals surface area contributed by atoms with E-state index in [2.05, 4.69) is 37.4 Å². The molecule has 2 rings (SSSR count). The lowest BCUT2D eigenvalue weighted by molar-refractivity contribution is -0.00426. The maximum atomic E-state index is 11.0. The number of aryl methyl sites for hydroxylation is 1. The molecule has 2 atom stereocenters. The van der Waals surface area contributed by atoms with Crippen molar-refractivity contribution in [2.24, 2.45) is 0 Å². The van der Waals surface area contributed by atoms with Crippen LogP contribution >= 0.6 is 11.8 Å². The van der Waals surface area contributed by atoms with Gasteiger partial charge in [-0.15, -0.1) is 11.8 Å². The number of hydrogen-bond donors (Lipinski definition) is 2. The predicted octanol–water partition coefficient (Wildman–Crippen LogP) is 2.93. The maximum Gasteiger partial charge on any atom is 0.105 e. The molecule has 0 radical (unpaired) electrons. The Bertz CT molecular complexity index is 421. The van der Waals surface area contributed by atoms with Gasteiger partial charge in [-0.2, -0.15) is 0 Å². The van der Waals surface area contributed by atoms with E-state index in [4.69, 9.17) is 0 Å². The van der Waals surface area contributed by atoms with E-state index in [1.54, 1.807) is 0 Å². The van der Waals surface area contributed by atoms with E-state index in [-0.39, 0.29) is 6.04 Å². The first-order chi connectivity index (χ1) is 8.61. The molecule has 1 aliphatic rings. The summed E-state index contributed by atoms with van der Waals surface area (Å²) in [7, 11) is 1.91. The van der Waals surface area contributed by atoms with Crippen LogP contribution in [-0.2, 0) is 12.0 Å². The number of thioether (sulfide) groups is 1. The second-order valence-corrected chi connectivity index (χ2v) is 6.24. The third kappa shape index (κ3) is 2.44. The summed E-state index contributed by atoms with van der Waals surface area (Å²) in [6.45, 7) is 4.17. The van der Waals surface area contributed by atoms with Crippen LogP contribution in [0, 0.1) is 0 Å². The van der Waals surface area contributed by atoms with E-state index in [1.807, 2.05) is 18.8 Å². The van der Waals surface area contributed by atoms with Crippen LogP contribution in [0.15, 0.2) is 23.1 Å². The van der Waals surface area contributed by atoms with Gasteiger partial charge in [0.1, 0.15) is 5.60 Å². The van der Waals surface area contributed by atoms with E-state index in [0.29, 0.717) is 0 Å². The van der Waals surface area contributed by atoms with E-state index in [0.717, 1.165) is 24.8 Å². The highest BCUT2D eigenvalue weighted by atomic mass is 32.2. The zero-order chi connectivity index (χ0) is 13.2. The summed E-state index contributed by atoms with van der Waals surface area (Å²) in [6, 6.07) is 6.54. The van der Waals surface area contributed by atoms with Crippen molar-refractivity contribution < 1.29 is 5.11 Å².